The van der Waals surface area contributed by atoms with Crippen LogP contribution in [-0.4, -0.2) is 30.0 Å². The van der Waals surface area contributed by atoms with Gasteiger partial charge in [0.2, 0.25) is 5.88 Å². The van der Waals surface area contributed by atoms with Crippen molar-refractivity contribution in [1.82, 2.24) is 30.0 Å². The van der Waals surface area contributed by atoms with E-state index in [4.69, 9.17) is 10.6 Å². The molecule has 9 nitrogen and oxygen atoms in total. The molecule has 0 saturated carbocycles. The molecule has 0 aliphatic carbocycles. The maximum Gasteiger partial charge on any atom is 0.368 e. The van der Waals surface area contributed by atoms with E-state index < -0.39 is 0 Å². The summed E-state index contributed by atoms with van der Waals surface area (Å²) in [6, 6.07) is 3.14. The standard InChI is InChI=1S/C10H10N6O3/c1-15-10(17)16(14-13-15)7-3-5-18-8(7)6-19-9-2-4-11-12-9/h2-5H,6H2,1H3,(H,11,12)/i/hT. The summed E-state index contributed by atoms with van der Waals surface area (Å²) in [6.45, 7) is 0.0579. The number of furan rings is 1. The third-order valence-corrected chi connectivity index (χ3v) is 2.46. The lowest BCUT2D eigenvalue weighted by Crippen LogP contribution is -2.22. The molecule has 0 saturated heterocycles. The predicted molar refractivity (Wildman–Crippen MR) is 61.8 cm³/mol. The first-order valence-corrected chi connectivity index (χ1v) is 5.38. The second-order valence-corrected chi connectivity index (χ2v) is 3.68. The number of hydrogen-bond acceptors (Lipinski definition) is 6. The Morgan fingerprint density at radius 2 is 2.42 bits per heavy atom. The molecule has 98 valence electrons. The zero-order chi connectivity index (χ0) is 14.1. The van der Waals surface area contributed by atoms with Gasteiger partial charge in [0.15, 0.2) is 7.17 Å². The van der Waals surface area contributed by atoms with Crippen LogP contribution in [0.5, 0.6) is 5.88 Å². The summed E-state index contributed by atoms with van der Waals surface area (Å²) in [6.07, 6.45) is 2.86. The average Bonchev–Trinajstić information content (AvgIpc) is 3.11. The number of rotatable bonds is 4. The number of aromatic amines is 1. The average molecular weight is 264 g/mol. The van der Waals surface area contributed by atoms with Gasteiger partial charge in [-0.05, 0) is 10.4 Å². The van der Waals surface area contributed by atoms with Crippen LogP contribution >= 0.6 is 0 Å². The quantitative estimate of drug-likeness (QED) is 0.703. The Bertz CT molecular complexity index is 785. The number of nitrogens with zero attached hydrogens (tertiary/aromatic N) is 5. The molecule has 19 heavy (non-hydrogen) atoms. The van der Waals surface area contributed by atoms with Gasteiger partial charge >= 0.3 is 5.69 Å². The Morgan fingerprint density at radius 3 is 3.11 bits per heavy atom. The van der Waals surface area contributed by atoms with Gasteiger partial charge in [0.05, 0.1) is 6.26 Å². The minimum atomic E-state index is -0.386. The van der Waals surface area contributed by atoms with Crippen molar-refractivity contribution in [3.8, 4) is 11.6 Å². The Morgan fingerprint density at radius 1 is 1.53 bits per heavy atom. The van der Waals surface area contributed by atoms with Crippen molar-refractivity contribution in [2.45, 2.75) is 6.61 Å². The first-order valence-electron chi connectivity index (χ1n) is 5.83. The highest BCUT2D eigenvalue weighted by molar-refractivity contribution is 5.32. The SMILES string of the molecule is [3H]n1ccc(OCc2occc2-n2nnn(C)c2=O)n1. The van der Waals surface area contributed by atoms with Crippen molar-refractivity contribution in [2.24, 2.45) is 7.05 Å². The van der Waals surface area contributed by atoms with Gasteiger partial charge in [0, 0.05) is 25.4 Å². The van der Waals surface area contributed by atoms with Crippen molar-refractivity contribution in [2.75, 3.05) is 0 Å². The topological polar surface area (TPSA) is 104 Å². The van der Waals surface area contributed by atoms with Gasteiger partial charge in [-0.3, -0.25) is 5.09 Å². The van der Waals surface area contributed by atoms with Crippen molar-refractivity contribution < 1.29 is 10.6 Å². The highest BCUT2D eigenvalue weighted by Gasteiger charge is 2.14. The zero-order valence-electron chi connectivity index (χ0n) is 10.9. The van der Waals surface area contributed by atoms with E-state index >= 15 is 0 Å². The van der Waals surface area contributed by atoms with E-state index in [9.17, 15) is 4.79 Å². The molecule has 0 atom stereocenters. The molecule has 0 bridgehead atoms. The van der Waals surface area contributed by atoms with E-state index in [0.717, 1.165) is 14.5 Å². The van der Waals surface area contributed by atoms with E-state index in [1.54, 1.807) is 12.1 Å². The van der Waals surface area contributed by atoms with Crippen molar-refractivity contribution in [3.05, 3.63) is 40.8 Å². The molecule has 0 spiro atoms. The summed E-state index contributed by atoms with van der Waals surface area (Å²) in [7, 11) is 1.50. The number of tetrazole rings is 1. The van der Waals surface area contributed by atoms with Crippen LogP contribution in [0.2, 0.25) is 1.41 Å². The molecular weight excluding hydrogens is 252 g/mol. The van der Waals surface area contributed by atoms with Crippen LogP contribution in [0.15, 0.2) is 33.8 Å². The van der Waals surface area contributed by atoms with Gasteiger partial charge in [-0.1, -0.05) is 0 Å². The van der Waals surface area contributed by atoms with E-state index in [-0.39, 0.29) is 18.2 Å². The van der Waals surface area contributed by atoms with Crippen LogP contribution in [0.25, 0.3) is 5.69 Å². The maximum absolute atomic E-state index is 11.8. The highest BCUT2D eigenvalue weighted by Crippen LogP contribution is 2.15. The molecule has 3 aromatic heterocycles. The lowest BCUT2D eigenvalue weighted by Gasteiger charge is -2.01. The second-order valence-electron chi connectivity index (χ2n) is 3.68. The number of aryl methyl sites for hydroxylation is 1. The van der Waals surface area contributed by atoms with Crippen LogP contribution in [-0.2, 0) is 13.7 Å². The molecule has 1 N–H and O–H groups in total. The number of ether oxygens (including phenoxy) is 1. The molecule has 0 aromatic carbocycles. The summed E-state index contributed by atoms with van der Waals surface area (Å²) in [5, 5.41) is 12.0. The van der Waals surface area contributed by atoms with Crippen molar-refractivity contribution >= 4 is 0 Å². The number of aromatic nitrogens is 6. The van der Waals surface area contributed by atoms with Crippen molar-refractivity contribution in [1.29, 1.82) is 0 Å². The smallest absolute Gasteiger partial charge is 0.368 e. The first-order chi connectivity index (χ1) is 9.65. The van der Waals surface area contributed by atoms with Crippen LogP contribution in [0, 0.1) is 0 Å². The van der Waals surface area contributed by atoms with Crippen LogP contribution < -0.4 is 10.4 Å². The zero-order valence-corrected chi connectivity index (χ0v) is 9.92. The minimum Gasteiger partial charge on any atom is -0.468 e. The summed E-state index contributed by atoms with van der Waals surface area (Å²) in [5.41, 5.74) is 0.0662. The molecule has 3 heterocycles. The highest BCUT2D eigenvalue weighted by atomic mass is 16.5. The van der Waals surface area contributed by atoms with E-state index in [0.29, 0.717) is 11.4 Å². The van der Waals surface area contributed by atoms with Gasteiger partial charge < -0.3 is 9.15 Å². The lowest BCUT2D eigenvalue weighted by molar-refractivity contribution is 0.259. The van der Waals surface area contributed by atoms with Gasteiger partial charge in [-0.25, -0.2) is 4.79 Å². The molecule has 3 rings (SSSR count). The Hall–Kier alpha value is -2.84. The summed E-state index contributed by atoms with van der Waals surface area (Å²) < 4.78 is 20.1. The Kier molecular flexibility index (Phi) is 2.37. The van der Waals surface area contributed by atoms with Gasteiger partial charge in [-0.15, -0.1) is 5.10 Å². The van der Waals surface area contributed by atoms with E-state index in [1.165, 1.54) is 19.5 Å². The fourth-order valence-corrected chi connectivity index (χ4v) is 1.53. The fourth-order valence-electron chi connectivity index (χ4n) is 1.53. The molecule has 3 aromatic rings. The van der Waals surface area contributed by atoms with Gasteiger partial charge in [-0.2, -0.15) is 9.36 Å². The summed E-state index contributed by atoms with van der Waals surface area (Å²) in [5.74, 6) is 0.695. The van der Waals surface area contributed by atoms with Crippen molar-refractivity contribution in [3.63, 3.8) is 0 Å². The normalized spacial score (nSPS) is 11.5. The molecule has 0 aliphatic heterocycles. The first kappa shape index (κ1) is 10.1. The van der Waals surface area contributed by atoms with E-state index in [1.807, 2.05) is 0 Å². The summed E-state index contributed by atoms with van der Waals surface area (Å²) in [4.78, 5) is 11.8. The monoisotopic (exact) mass is 264 g/mol. The molecule has 0 aliphatic rings. The third kappa shape index (κ3) is 2.01. The van der Waals surface area contributed by atoms with Gasteiger partial charge in [0.1, 0.15) is 12.3 Å². The number of hydrogen-bond donors (Lipinski definition) is 1. The molecule has 0 fully saturated rings. The largest absolute Gasteiger partial charge is 0.468 e. The maximum atomic E-state index is 11.8. The molecular formula is C10H10N6O3. The molecule has 9 heteroatoms. The molecule has 0 amide bonds. The summed E-state index contributed by atoms with van der Waals surface area (Å²) >= 11 is 0. The second kappa shape index (κ2) is 4.44. The molecule has 0 radical (unpaired) electrons. The van der Waals surface area contributed by atoms with Crippen LogP contribution in [0.1, 0.15) is 5.76 Å². The minimum absolute atomic E-state index is 0.0579. The van der Waals surface area contributed by atoms with E-state index in [2.05, 4.69) is 15.5 Å². The predicted octanol–water partition coefficient (Wildman–Crippen LogP) is -0.139. The Balaban J connectivity index is 1.83. The van der Waals surface area contributed by atoms with Gasteiger partial charge in [0.25, 0.3) is 0 Å². The fraction of sp³-hybridized carbons (Fsp3) is 0.200. The van der Waals surface area contributed by atoms with Crippen LogP contribution in [0.3, 0.4) is 0 Å². The number of H-pyrrole nitrogens is 1. The number of nitrogens with one attached hydrogen (secondary N) is 1. The third-order valence-electron chi connectivity index (χ3n) is 2.46. The van der Waals surface area contributed by atoms with Crippen LogP contribution in [0.4, 0.5) is 0 Å². The molecule has 0 unspecified atom stereocenters. The Labute approximate surface area is 107 Å². The lowest BCUT2D eigenvalue weighted by atomic mass is 10.4.